The van der Waals surface area contributed by atoms with Gasteiger partial charge in [-0.2, -0.15) is 4.98 Å². The molecular weight excluding hydrogens is 842 g/mol. The Labute approximate surface area is 338 Å². The van der Waals surface area contributed by atoms with E-state index < -0.39 is 95.6 Å². The van der Waals surface area contributed by atoms with E-state index in [-0.39, 0.29) is 55.2 Å². The van der Waals surface area contributed by atoms with E-state index in [1.54, 1.807) is 24.3 Å². The zero-order valence-electron chi connectivity index (χ0n) is 31.3. The molecule has 326 valence electrons. The molecule has 3 aromatic heterocycles. The summed E-state index contributed by atoms with van der Waals surface area (Å²) in [5, 5.41) is 14.0. The number of benzene rings is 1. The predicted octanol–water partition coefficient (Wildman–Crippen LogP) is -0.649. The third-order valence-electron chi connectivity index (χ3n) is 9.12. The normalized spacial score (nSPS) is 24.5. The van der Waals surface area contributed by atoms with Crippen LogP contribution in [0.3, 0.4) is 0 Å². The average Bonchev–Trinajstić information content (AvgIpc) is 3.89. The molecular formula is C32H42N10O16P2. The molecule has 60 heavy (non-hydrogen) atoms. The number of anilines is 2. The van der Waals surface area contributed by atoms with Gasteiger partial charge in [-0.25, -0.2) is 33.7 Å². The van der Waals surface area contributed by atoms with E-state index in [1.165, 1.54) is 23.2 Å². The number of hydrogen-bond acceptors (Lipinski definition) is 20. The summed E-state index contributed by atoms with van der Waals surface area (Å²) in [5.41, 5.74) is 17.8. The predicted molar refractivity (Wildman–Crippen MR) is 201 cm³/mol. The summed E-state index contributed by atoms with van der Waals surface area (Å²) >= 11 is 0. The molecule has 1 amide bonds. The number of hydrogen-bond donors (Lipinski definition) is 8. The van der Waals surface area contributed by atoms with E-state index in [9.17, 15) is 43.3 Å². The zero-order chi connectivity index (χ0) is 43.2. The highest BCUT2D eigenvalue weighted by atomic mass is 31.2. The number of imidazole rings is 1. The Morgan fingerprint density at radius 3 is 2.48 bits per heavy atom. The summed E-state index contributed by atoms with van der Waals surface area (Å²) in [7, 11) is -10.3. The van der Waals surface area contributed by atoms with Crippen molar-refractivity contribution in [3.63, 3.8) is 0 Å². The van der Waals surface area contributed by atoms with Crippen molar-refractivity contribution in [1.82, 2.24) is 34.4 Å². The quantitative estimate of drug-likeness (QED) is 0.0349. The lowest BCUT2D eigenvalue weighted by Crippen LogP contribution is -2.43. The van der Waals surface area contributed by atoms with Gasteiger partial charge in [0.25, 0.3) is 0 Å². The number of nitrogens with zero attached hydrogens (tertiary/aromatic N) is 6. The molecule has 2 aliphatic heterocycles. The van der Waals surface area contributed by atoms with Crippen LogP contribution < -0.4 is 28.2 Å². The highest BCUT2D eigenvalue weighted by Gasteiger charge is 2.50. The molecule has 28 heteroatoms. The monoisotopic (exact) mass is 884 g/mol. The van der Waals surface area contributed by atoms with E-state index in [0.717, 1.165) is 16.5 Å². The molecule has 1 aromatic carbocycles. The lowest BCUT2D eigenvalue weighted by atomic mass is 10.1. The Balaban J connectivity index is 1.11. The largest absolute Gasteiger partial charge is 0.472 e. The number of phosphoric acid groups is 2. The van der Waals surface area contributed by atoms with Crippen LogP contribution in [0.5, 0.6) is 0 Å². The highest BCUT2D eigenvalue weighted by Crippen LogP contribution is 2.50. The van der Waals surface area contributed by atoms with Gasteiger partial charge in [-0.3, -0.25) is 27.5 Å². The van der Waals surface area contributed by atoms with Gasteiger partial charge in [-0.15, -0.1) is 0 Å². The average molecular weight is 885 g/mol. The van der Waals surface area contributed by atoms with Crippen LogP contribution in [0.2, 0.25) is 0 Å². The number of aliphatic hydroxyl groups is 1. The van der Waals surface area contributed by atoms with Crippen LogP contribution in [-0.4, -0.2) is 117 Å². The van der Waals surface area contributed by atoms with Gasteiger partial charge in [0, 0.05) is 19.2 Å². The SMILES string of the molecule is Nc1ccn([C@H]2C[C@H](OP(=O)(O)OCC3OC(n4cnc5c(N)ncnc54)C(O)C3OC(=O)[C@H](N)CCCNC(=O)OCc3ccccc3)[C@@H](COP(=O)(O)O)O2)c(=O)n1. The highest BCUT2D eigenvalue weighted by molar-refractivity contribution is 7.47. The van der Waals surface area contributed by atoms with E-state index in [0.29, 0.717) is 0 Å². The number of esters is 1. The Hall–Kier alpha value is -4.95. The van der Waals surface area contributed by atoms with Crippen LogP contribution in [-0.2, 0) is 53.1 Å². The summed E-state index contributed by atoms with van der Waals surface area (Å²) in [6.07, 6.45) is -7.45. The zero-order valence-corrected chi connectivity index (χ0v) is 33.1. The number of aromatic nitrogens is 6. The molecule has 4 aromatic rings. The number of phosphoric ester groups is 2. The summed E-state index contributed by atoms with van der Waals surface area (Å²) < 4.78 is 64.7. The molecule has 0 saturated carbocycles. The minimum absolute atomic E-state index is 0.0116. The Bertz CT molecular complexity index is 2280. The van der Waals surface area contributed by atoms with Gasteiger partial charge in [0.05, 0.1) is 19.5 Å². The van der Waals surface area contributed by atoms with Crippen molar-refractivity contribution in [3.05, 3.63) is 71.3 Å². The molecule has 5 heterocycles. The minimum Gasteiger partial charge on any atom is -0.455 e. The van der Waals surface area contributed by atoms with Crippen LogP contribution >= 0.6 is 15.6 Å². The summed E-state index contributed by atoms with van der Waals surface area (Å²) in [5.74, 6) is -1.09. The lowest BCUT2D eigenvalue weighted by Gasteiger charge is -2.24. The first-order chi connectivity index (χ1) is 28.5. The number of fused-ring (bicyclic) bond motifs is 1. The first-order valence-corrected chi connectivity index (χ1v) is 21.0. The van der Waals surface area contributed by atoms with Crippen molar-refractivity contribution in [3.8, 4) is 0 Å². The molecule has 5 unspecified atom stereocenters. The summed E-state index contributed by atoms with van der Waals surface area (Å²) in [6, 6.07) is 9.03. The first kappa shape index (κ1) is 44.6. The van der Waals surface area contributed by atoms with Crippen molar-refractivity contribution >= 4 is 50.5 Å². The molecule has 6 rings (SSSR count). The molecule has 0 bridgehead atoms. The van der Waals surface area contributed by atoms with Gasteiger partial charge >= 0.3 is 33.4 Å². The fraction of sp³-hybridized carbons (Fsp3) is 0.469. The number of alkyl carbamates (subject to hydrolysis) is 1. The minimum atomic E-state index is -5.19. The molecule has 2 fully saturated rings. The van der Waals surface area contributed by atoms with Gasteiger partial charge in [0.2, 0.25) is 0 Å². The van der Waals surface area contributed by atoms with Crippen LogP contribution in [0.25, 0.3) is 11.2 Å². The van der Waals surface area contributed by atoms with Crippen molar-refractivity contribution in [1.29, 1.82) is 0 Å². The van der Waals surface area contributed by atoms with Crippen LogP contribution in [0, 0.1) is 0 Å². The van der Waals surface area contributed by atoms with Crippen molar-refractivity contribution in [2.24, 2.45) is 5.73 Å². The number of rotatable bonds is 18. The van der Waals surface area contributed by atoms with E-state index in [4.69, 9.17) is 45.2 Å². The van der Waals surface area contributed by atoms with Gasteiger partial charge in [0.1, 0.15) is 61.0 Å². The second kappa shape index (κ2) is 19.2. The van der Waals surface area contributed by atoms with Crippen molar-refractivity contribution < 1.29 is 71.0 Å². The molecule has 0 spiro atoms. The van der Waals surface area contributed by atoms with Gasteiger partial charge in [-0.1, -0.05) is 30.3 Å². The number of ether oxygens (including phenoxy) is 4. The maximum atomic E-state index is 13.4. The number of amides is 1. The molecule has 2 saturated heterocycles. The Morgan fingerprint density at radius 1 is 1.00 bits per heavy atom. The Kier molecular flexibility index (Phi) is 14.3. The van der Waals surface area contributed by atoms with Crippen LogP contribution in [0.1, 0.15) is 37.3 Å². The molecule has 0 aliphatic carbocycles. The number of nitrogens with two attached hydrogens (primary N) is 3. The van der Waals surface area contributed by atoms with E-state index in [2.05, 4.69) is 29.8 Å². The van der Waals surface area contributed by atoms with Crippen molar-refractivity contribution in [2.75, 3.05) is 31.2 Å². The van der Waals surface area contributed by atoms with Crippen LogP contribution in [0.15, 0.2) is 60.0 Å². The number of carbonyl (C=O) groups excluding carboxylic acids is 2. The number of nitrogens with one attached hydrogen (secondary N) is 1. The Morgan fingerprint density at radius 2 is 1.75 bits per heavy atom. The standard InChI is InChI=1S/C32H42N10O16P2/c33-18(7-4-9-36-32(46)52-12-17-5-2-1-3-6-17)30(44)57-26-21(56-29(25(26)43)42-16-39-24-27(35)37-15-38-28(24)42)14-54-60(50,51)58-19-11-23(41-10-8-22(34)40-31(41)45)55-20(19)13-53-59(47,48)49/h1-3,5-6,8,10,15-16,18-21,23,25-26,29,43H,4,7,9,11-14,33H2,(H,36,46)(H,50,51)(H2,34,40,45)(H2,35,37,38)(H2,47,48,49)/t18-,19+,20-,21?,23-,25?,26?,29?/m1/s1. The third-order valence-corrected chi connectivity index (χ3v) is 10.6. The molecule has 11 N–H and O–H groups in total. The number of nitrogen functional groups attached to an aromatic ring is 2. The van der Waals surface area contributed by atoms with Gasteiger partial charge in [0.15, 0.2) is 23.8 Å². The van der Waals surface area contributed by atoms with Gasteiger partial charge < -0.3 is 61.3 Å². The molecule has 26 nitrogen and oxygen atoms in total. The summed E-state index contributed by atoms with van der Waals surface area (Å²) in [6.45, 7) is -1.56. The number of carbonyl (C=O) groups is 2. The van der Waals surface area contributed by atoms with Gasteiger partial charge in [-0.05, 0) is 24.5 Å². The molecule has 0 radical (unpaired) electrons. The molecule has 9 atom stereocenters. The fourth-order valence-corrected chi connectivity index (χ4v) is 7.53. The topological polar surface area (TPSA) is 382 Å². The van der Waals surface area contributed by atoms with E-state index in [1.807, 2.05) is 6.07 Å². The maximum absolute atomic E-state index is 13.4. The maximum Gasteiger partial charge on any atom is 0.472 e. The first-order valence-electron chi connectivity index (χ1n) is 18.0. The smallest absolute Gasteiger partial charge is 0.455 e. The van der Waals surface area contributed by atoms with Crippen molar-refractivity contribution in [2.45, 2.75) is 74.9 Å². The van der Waals surface area contributed by atoms with Crippen LogP contribution in [0.4, 0.5) is 16.4 Å². The second-order valence-electron chi connectivity index (χ2n) is 13.4. The fourth-order valence-electron chi connectivity index (χ4n) is 6.23. The second-order valence-corrected chi connectivity index (χ2v) is 16.0. The lowest BCUT2D eigenvalue weighted by molar-refractivity contribution is -0.158. The van der Waals surface area contributed by atoms with E-state index >= 15 is 0 Å². The summed E-state index contributed by atoms with van der Waals surface area (Å²) in [4.78, 5) is 82.9. The third kappa shape index (κ3) is 11.4. The number of aliphatic hydroxyl groups excluding tert-OH is 1. The molecule has 2 aliphatic rings.